The average Bonchev–Trinajstić information content (AvgIpc) is 2.83. The lowest BCUT2D eigenvalue weighted by Crippen LogP contribution is -2.48. The number of carboxylic acids is 1. The normalized spacial score (nSPS) is 15.8. The summed E-state index contributed by atoms with van der Waals surface area (Å²) >= 11 is 0. The fraction of sp³-hybridized carbons (Fsp3) is 0.118. The minimum atomic E-state index is -1.89. The molecule has 0 aromatic heterocycles. The van der Waals surface area contributed by atoms with Crippen LogP contribution in [-0.2, 0) is 4.79 Å². The van der Waals surface area contributed by atoms with Crippen molar-refractivity contribution in [3.8, 4) is 11.5 Å². The first kappa shape index (κ1) is 16.5. The van der Waals surface area contributed by atoms with Gasteiger partial charge >= 0.3 is 5.97 Å². The number of phenolic OH excluding ortho intramolecular Hbond substituents is 2. The number of benzene rings is 2. The Morgan fingerprint density at radius 1 is 0.920 bits per heavy atom. The molecule has 2 atom stereocenters. The van der Waals surface area contributed by atoms with Crippen molar-refractivity contribution in [1.82, 2.24) is 4.90 Å². The van der Waals surface area contributed by atoms with Gasteiger partial charge in [-0.2, -0.15) is 0 Å². The van der Waals surface area contributed by atoms with E-state index in [1.165, 1.54) is 30.3 Å². The van der Waals surface area contributed by atoms with Crippen molar-refractivity contribution in [1.29, 1.82) is 0 Å². The topological polar surface area (TPSA) is 135 Å². The Bertz CT molecular complexity index is 857. The highest BCUT2D eigenvalue weighted by Crippen LogP contribution is 2.33. The van der Waals surface area contributed by atoms with Crippen LogP contribution in [0.2, 0.25) is 0 Å². The Balaban J connectivity index is 2.02. The number of aromatic hydroxyl groups is 2. The summed E-state index contributed by atoms with van der Waals surface area (Å²) < 4.78 is 0. The number of carbonyl (C=O) groups is 3. The fourth-order valence-electron chi connectivity index (χ4n) is 2.75. The first-order valence-corrected chi connectivity index (χ1v) is 7.22. The number of fused-ring (bicyclic) bond motifs is 1. The molecule has 0 bridgehead atoms. The molecule has 4 N–H and O–H groups in total. The van der Waals surface area contributed by atoms with E-state index in [-0.39, 0.29) is 16.7 Å². The summed E-state index contributed by atoms with van der Waals surface area (Å²) in [5.41, 5.74) is 0.0401. The van der Waals surface area contributed by atoms with Crippen molar-refractivity contribution < 1.29 is 34.8 Å². The maximum atomic E-state index is 12.5. The lowest BCUT2D eigenvalue weighted by molar-refractivity contribution is -0.145. The molecule has 25 heavy (non-hydrogen) atoms. The number of aliphatic carboxylic acids is 1. The Morgan fingerprint density at radius 2 is 1.48 bits per heavy atom. The summed E-state index contributed by atoms with van der Waals surface area (Å²) in [6, 6.07) is 7.20. The van der Waals surface area contributed by atoms with Gasteiger partial charge < -0.3 is 20.4 Å². The van der Waals surface area contributed by atoms with Crippen molar-refractivity contribution in [2.24, 2.45) is 0 Å². The van der Waals surface area contributed by atoms with E-state index in [4.69, 9.17) is 0 Å². The largest absolute Gasteiger partial charge is 0.504 e. The SMILES string of the molecule is O=C(O)[C@@H]([C@@H](O)c1ccc(O)c(O)c1)N1C(=O)c2ccccc2C1=O. The number of aliphatic hydroxyl groups excluding tert-OH is 1. The van der Waals surface area contributed by atoms with E-state index in [9.17, 15) is 34.8 Å². The van der Waals surface area contributed by atoms with Crippen LogP contribution < -0.4 is 0 Å². The number of rotatable bonds is 4. The third-order valence-electron chi connectivity index (χ3n) is 4.00. The van der Waals surface area contributed by atoms with Crippen molar-refractivity contribution in [3.05, 3.63) is 59.2 Å². The van der Waals surface area contributed by atoms with Crippen LogP contribution in [-0.4, -0.2) is 49.2 Å². The van der Waals surface area contributed by atoms with Gasteiger partial charge in [0.25, 0.3) is 11.8 Å². The van der Waals surface area contributed by atoms with Crippen LogP contribution in [0.1, 0.15) is 32.4 Å². The Morgan fingerprint density at radius 3 is 1.96 bits per heavy atom. The van der Waals surface area contributed by atoms with Gasteiger partial charge in [0.2, 0.25) is 0 Å². The van der Waals surface area contributed by atoms with E-state index in [1.807, 2.05) is 0 Å². The van der Waals surface area contributed by atoms with Crippen LogP contribution in [0.25, 0.3) is 0 Å². The van der Waals surface area contributed by atoms with Crippen molar-refractivity contribution in [2.75, 3.05) is 0 Å². The Hall–Kier alpha value is -3.39. The molecule has 128 valence electrons. The van der Waals surface area contributed by atoms with Crippen LogP contribution in [0.5, 0.6) is 11.5 Å². The molecule has 0 saturated heterocycles. The van der Waals surface area contributed by atoms with Gasteiger partial charge in [-0.05, 0) is 29.8 Å². The predicted molar refractivity (Wildman–Crippen MR) is 83.1 cm³/mol. The van der Waals surface area contributed by atoms with Crippen LogP contribution in [0.15, 0.2) is 42.5 Å². The second-order valence-corrected chi connectivity index (χ2v) is 5.50. The standard InChI is InChI=1S/C17H13NO7/c19-11-6-5-8(7-12(11)20)14(21)13(17(24)25)18-15(22)9-3-1-2-4-10(9)16(18)23/h1-7,13-14,19-21H,(H,24,25)/t13-,14+/m1/s1. The maximum absolute atomic E-state index is 12.5. The first-order chi connectivity index (χ1) is 11.8. The van der Waals surface area contributed by atoms with E-state index in [1.54, 1.807) is 0 Å². The summed E-state index contributed by atoms with van der Waals surface area (Å²) in [6.45, 7) is 0. The second-order valence-electron chi connectivity index (χ2n) is 5.50. The Kier molecular flexibility index (Phi) is 3.90. The third kappa shape index (κ3) is 2.58. The van der Waals surface area contributed by atoms with Gasteiger partial charge in [-0.25, -0.2) is 4.79 Å². The highest BCUT2D eigenvalue weighted by atomic mass is 16.4. The summed E-state index contributed by atoms with van der Waals surface area (Å²) in [5.74, 6) is -4.26. The molecule has 2 aromatic carbocycles. The van der Waals surface area contributed by atoms with Crippen molar-refractivity contribution in [2.45, 2.75) is 12.1 Å². The molecule has 1 aliphatic rings. The van der Waals surface area contributed by atoms with E-state index in [0.717, 1.165) is 12.1 Å². The van der Waals surface area contributed by atoms with Gasteiger partial charge in [0.05, 0.1) is 11.1 Å². The van der Waals surface area contributed by atoms with Gasteiger partial charge in [0.15, 0.2) is 17.5 Å². The minimum absolute atomic E-state index is 0.0551. The van der Waals surface area contributed by atoms with Gasteiger partial charge in [0, 0.05) is 0 Å². The number of aliphatic hydroxyl groups is 1. The highest BCUT2D eigenvalue weighted by Gasteiger charge is 2.46. The molecule has 0 spiro atoms. The van der Waals surface area contributed by atoms with E-state index >= 15 is 0 Å². The van der Waals surface area contributed by atoms with E-state index in [2.05, 4.69) is 0 Å². The maximum Gasteiger partial charge on any atom is 0.330 e. The number of carboxylic acid groups (broad SMARTS) is 1. The molecule has 0 fully saturated rings. The zero-order chi connectivity index (χ0) is 18.3. The molecule has 0 radical (unpaired) electrons. The number of amides is 2. The summed E-state index contributed by atoms with van der Waals surface area (Å²) in [5, 5.41) is 38.8. The number of imide groups is 1. The lowest BCUT2D eigenvalue weighted by Gasteiger charge is -2.27. The number of carbonyl (C=O) groups excluding carboxylic acids is 2. The molecular formula is C17H13NO7. The molecule has 1 heterocycles. The lowest BCUT2D eigenvalue weighted by atomic mass is 10.0. The van der Waals surface area contributed by atoms with Crippen molar-refractivity contribution in [3.63, 3.8) is 0 Å². The molecule has 2 aromatic rings. The molecule has 3 rings (SSSR count). The van der Waals surface area contributed by atoms with Crippen LogP contribution in [0.3, 0.4) is 0 Å². The smallest absolute Gasteiger partial charge is 0.330 e. The summed E-state index contributed by atoms with van der Waals surface area (Å²) in [6.07, 6.45) is -1.80. The average molecular weight is 343 g/mol. The number of hydrogen-bond donors (Lipinski definition) is 4. The van der Waals surface area contributed by atoms with Crippen LogP contribution in [0.4, 0.5) is 0 Å². The zero-order valence-electron chi connectivity index (χ0n) is 12.7. The number of phenols is 2. The fourth-order valence-corrected chi connectivity index (χ4v) is 2.75. The first-order valence-electron chi connectivity index (χ1n) is 7.22. The molecular weight excluding hydrogens is 330 g/mol. The Labute approximate surface area is 141 Å². The summed E-state index contributed by atoms with van der Waals surface area (Å²) in [7, 11) is 0. The molecule has 1 aliphatic heterocycles. The van der Waals surface area contributed by atoms with E-state index in [0.29, 0.717) is 4.90 Å². The monoisotopic (exact) mass is 343 g/mol. The molecule has 8 nitrogen and oxygen atoms in total. The number of nitrogens with zero attached hydrogens (tertiary/aromatic N) is 1. The molecule has 2 amide bonds. The van der Waals surface area contributed by atoms with Crippen LogP contribution in [0, 0.1) is 0 Å². The van der Waals surface area contributed by atoms with Gasteiger partial charge in [-0.3, -0.25) is 14.5 Å². The number of hydrogen-bond acceptors (Lipinski definition) is 6. The van der Waals surface area contributed by atoms with Crippen LogP contribution >= 0.6 is 0 Å². The van der Waals surface area contributed by atoms with Crippen molar-refractivity contribution >= 4 is 17.8 Å². The molecule has 8 heteroatoms. The summed E-state index contributed by atoms with van der Waals surface area (Å²) in [4.78, 5) is 37.1. The zero-order valence-corrected chi connectivity index (χ0v) is 12.7. The molecule has 0 saturated carbocycles. The minimum Gasteiger partial charge on any atom is -0.504 e. The van der Waals surface area contributed by atoms with Gasteiger partial charge in [0.1, 0.15) is 6.10 Å². The van der Waals surface area contributed by atoms with E-state index < -0.39 is 41.4 Å². The predicted octanol–water partition coefficient (Wildman–Crippen LogP) is 0.881. The molecule has 0 aliphatic carbocycles. The highest BCUT2D eigenvalue weighted by molar-refractivity contribution is 6.22. The molecule has 0 unspecified atom stereocenters. The quantitative estimate of drug-likeness (QED) is 0.478. The second kappa shape index (κ2) is 5.91. The third-order valence-corrected chi connectivity index (χ3v) is 4.00. The van der Waals surface area contributed by atoms with Gasteiger partial charge in [-0.15, -0.1) is 0 Å². The van der Waals surface area contributed by atoms with Gasteiger partial charge in [-0.1, -0.05) is 18.2 Å².